The van der Waals surface area contributed by atoms with Crippen molar-refractivity contribution in [3.8, 4) is 0 Å². The highest BCUT2D eigenvalue weighted by atomic mass is 32.2. The van der Waals surface area contributed by atoms with Gasteiger partial charge in [-0.2, -0.15) is 5.10 Å². The second kappa shape index (κ2) is 7.91. The number of aromatic nitrogens is 2. The molecule has 0 saturated heterocycles. The van der Waals surface area contributed by atoms with E-state index in [2.05, 4.69) is 15.1 Å². The normalized spacial score (nSPS) is 11.5. The van der Waals surface area contributed by atoms with E-state index in [9.17, 15) is 18.0 Å². The Kier molecular flexibility index (Phi) is 5.57. The van der Waals surface area contributed by atoms with Gasteiger partial charge in [-0.25, -0.2) is 17.8 Å². The first kappa shape index (κ1) is 19.7. The van der Waals surface area contributed by atoms with Crippen LogP contribution in [0.1, 0.15) is 11.3 Å². The topological polar surface area (TPSA) is 110 Å². The number of nitrogens with zero attached hydrogens (tertiary/aromatic N) is 2. The van der Waals surface area contributed by atoms with Crippen molar-refractivity contribution in [1.29, 1.82) is 0 Å². The van der Waals surface area contributed by atoms with Crippen LogP contribution in [0.4, 0.5) is 0 Å². The van der Waals surface area contributed by atoms with Gasteiger partial charge in [0.25, 0.3) is 5.56 Å². The van der Waals surface area contributed by atoms with Gasteiger partial charge in [0.1, 0.15) is 0 Å². The highest BCUT2D eigenvalue weighted by Crippen LogP contribution is 2.14. The van der Waals surface area contributed by atoms with Crippen LogP contribution in [0.25, 0.3) is 10.8 Å². The van der Waals surface area contributed by atoms with Crippen molar-refractivity contribution < 1.29 is 13.2 Å². The maximum absolute atomic E-state index is 12.4. The Balaban J connectivity index is 1.71. The van der Waals surface area contributed by atoms with E-state index in [-0.39, 0.29) is 29.3 Å². The molecular weight excluding hydrogens is 380 g/mol. The monoisotopic (exact) mass is 400 g/mol. The van der Waals surface area contributed by atoms with Gasteiger partial charge in [-0.05, 0) is 30.8 Å². The molecule has 1 heterocycles. The molecule has 0 radical (unpaired) electrons. The first-order valence-electron chi connectivity index (χ1n) is 8.56. The molecule has 0 fully saturated rings. The Morgan fingerprint density at radius 3 is 2.36 bits per heavy atom. The summed E-state index contributed by atoms with van der Waals surface area (Å²) in [5, 5.41) is 8.17. The van der Waals surface area contributed by atoms with Gasteiger partial charge in [-0.15, -0.1) is 0 Å². The summed E-state index contributed by atoms with van der Waals surface area (Å²) in [4.78, 5) is 24.7. The number of benzene rings is 2. The second-order valence-electron chi connectivity index (χ2n) is 6.23. The first-order valence-corrected chi connectivity index (χ1v) is 10.0. The summed E-state index contributed by atoms with van der Waals surface area (Å²) < 4.78 is 26.9. The molecule has 0 saturated carbocycles. The molecule has 3 rings (SSSR count). The summed E-state index contributed by atoms with van der Waals surface area (Å²) in [6.45, 7) is 0.252. The molecule has 0 bridgehead atoms. The van der Waals surface area contributed by atoms with Crippen LogP contribution in [-0.2, 0) is 34.8 Å². The highest BCUT2D eigenvalue weighted by Gasteiger charge is 2.13. The van der Waals surface area contributed by atoms with Gasteiger partial charge in [-0.1, -0.05) is 30.3 Å². The third-order valence-corrected chi connectivity index (χ3v) is 5.78. The van der Waals surface area contributed by atoms with Gasteiger partial charge in [0.15, 0.2) is 0 Å². The maximum atomic E-state index is 12.4. The third kappa shape index (κ3) is 4.10. The van der Waals surface area contributed by atoms with E-state index in [1.807, 2.05) is 0 Å². The molecular formula is C19H20N4O4S. The molecule has 0 atom stereocenters. The average Bonchev–Trinajstić information content (AvgIpc) is 2.70. The summed E-state index contributed by atoms with van der Waals surface area (Å²) in [7, 11) is -0.588. The number of carbonyl (C=O) groups is 1. The van der Waals surface area contributed by atoms with Crippen LogP contribution in [-0.4, -0.2) is 31.2 Å². The molecule has 8 nitrogen and oxygen atoms in total. The summed E-state index contributed by atoms with van der Waals surface area (Å²) >= 11 is 0. The van der Waals surface area contributed by atoms with Crippen molar-refractivity contribution in [3.63, 3.8) is 0 Å². The fourth-order valence-corrected chi connectivity index (χ4v) is 3.56. The SMILES string of the molecule is CNS(=O)(=O)c1ccc(CNC(=O)Cc2nn(C)c(=O)c3ccccc23)cc1. The van der Waals surface area contributed by atoms with Crippen molar-refractivity contribution in [3.05, 3.63) is 70.1 Å². The van der Waals surface area contributed by atoms with E-state index in [0.717, 1.165) is 5.56 Å². The minimum Gasteiger partial charge on any atom is -0.352 e. The van der Waals surface area contributed by atoms with Crippen molar-refractivity contribution >= 4 is 26.7 Å². The van der Waals surface area contributed by atoms with Crippen molar-refractivity contribution in [2.24, 2.45) is 7.05 Å². The fraction of sp³-hybridized carbons (Fsp3) is 0.211. The van der Waals surface area contributed by atoms with Crippen LogP contribution in [0.15, 0.2) is 58.2 Å². The van der Waals surface area contributed by atoms with E-state index < -0.39 is 10.0 Å². The molecule has 2 aromatic carbocycles. The Hall–Kier alpha value is -3.04. The van der Waals surface area contributed by atoms with Crippen molar-refractivity contribution in [2.75, 3.05) is 7.05 Å². The summed E-state index contributed by atoms with van der Waals surface area (Å²) in [5.41, 5.74) is 1.07. The van der Waals surface area contributed by atoms with Crippen LogP contribution in [0.3, 0.4) is 0 Å². The minimum absolute atomic E-state index is 0.0286. The Labute approximate surface area is 162 Å². The Morgan fingerprint density at radius 2 is 1.71 bits per heavy atom. The van der Waals surface area contributed by atoms with Gasteiger partial charge in [0.05, 0.1) is 22.4 Å². The summed E-state index contributed by atoms with van der Waals surface area (Å²) in [6, 6.07) is 13.3. The van der Waals surface area contributed by atoms with Crippen LogP contribution >= 0.6 is 0 Å². The maximum Gasteiger partial charge on any atom is 0.274 e. The standard InChI is InChI=1S/C19H20N4O4S/c1-20-28(26,27)14-9-7-13(8-10-14)12-21-18(24)11-17-15-5-3-4-6-16(15)19(25)23(2)22-17/h3-10,20H,11-12H2,1-2H3,(H,21,24). The van der Waals surface area contributed by atoms with Gasteiger partial charge in [0, 0.05) is 19.0 Å². The van der Waals surface area contributed by atoms with Crippen LogP contribution < -0.4 is 15.6 Å². The molecule has 0 spiro atoms. The molecule has 0 aliphatic rings. The lowest BCUT2D eigenvalue weighted by Crippen LogP contribution is -2.27. The molecule has 9 heteroatoms. The Morgan fingerprint density at radius 1 is 1.07 bits per heavy atom. The molecule has 2 N–H and O–H groups in total. The molecule has 3 aromatic rings. The lowest BCUT2D eigenvalue weighted by molar-refractivity contribution is -0.120. The Bertz CT molecular complexity index is 1180. The van der Waals surface area contributed by atoms with E-state index in [1.165, 1.54) is 23.9 Å². The number of sulfonamides is 1. The lowest BCUT2D eigenvalue weighted by atomic mass is 10.1. The van der Waals surface area contributed by atoms with Crippen LogP contribution in [0.5, 0.6) is 0 Å². The molecule has 28 heavy (non-hydrogen) atoms. The van der Waals surface area contributed by atoms with E-state index in [4.69, 9.17) is 0 Å². The van der Waals surface area contributed by atoms with Crippen molar-refractivity contribution in [2.45, 2.75) is 17.9 Å². The lowest BCUT2D eigenvalue weighted by Gasteiger charge is -2.09. The number of amides is 1. The second-order valence-corrected chi connectivity index (χ2v) is 8.11. The zero-order chi connectivity index (χ0) is 20.3. The molecule has 146 valence electrons. The number of fused-ring (bicyclic) bond motifs is 1. The molecule has 0 aliphatic carbocycles. The molecule has 0 unspecified atom stereocenters. The number of nitrogens with one attached hydrogen (secondary N) is 2. The zero-order valence-electron chi connectivity index (χ0n) is 15.5. The quantitative estimate of drug-likeness (QED) is 0.633. The predicted molar refractivity (Wildman–Crippen MR) is 105 cm³/mol. The molecule has 1 amide bonds. The van der Waals surface area contributed by atoms with Crippen molar-refractivity contribution in [1.82, 2.24) is 19.8 Å². The van der Waals surface area contributed by atoms with E-state index in [0.29, 0.717) is 16.5 Å². The minimum atomic E-state index is -3.49. The van der Waals surface area contributed by atoms with Crippen LogP contribution in [0, 0.1) is 0 Å². The summed E-state index contributed by atoms with van der Waals surface area (Å²) in [5.74, 6) is -0.247. The van der Waals surface area contributed by atoms with Gasteiger partial charge in [-0.3, -0.25) is 9.59 Å². The van der Waals surface area contributed by atoms with E-state index in [1.54, 1.807) is 43.4 Å². The predicted octanol–water partition coefficient (Wildman–Crippen LogP) is 0.701. The number of rotatable bonds is 6. The largest absolute Gasteiger partial charge is 0.352 e. The smallest absolute Gasteiger partial charge is 0.274 e. The molecule has 0 aliphatic heterocycles. The number of carbonyl (C=O) groups excluding carboxylic acids is 1. The highest BCUT2D eigenvalue weighted by molar-refractivity contribution is 7.89. The zero-order valence-corrected chi connectivity index (χ0v) is 16.3. The van der Waals surface area contributed by atoms with Gasteiger partial charge < -0.3 is 5.32 Å². The van der Waals surface area contributed by atoms with Gasteiger partial charge in [0.2, 0.25) is 15.9 Å². The summed E-state index contributed by atoms with van der Waals surface area (Å²) in [6.07, 6.45) is 0.0286. The van der Waals surface area contributed by atoms with Crippen LogP contribution in [0.2, 0.25) is 0 Å². The average molecular weight is 400 g/mol. The fourth-order valence-electron chi connectivity index (χ4n) is 2.83. The number of hydrogen-bond acceptors (Lipinski definition) is 5. The first-order chi connectivity index (χ1) is 13.3. The number of hydrogen-bond donors (Lipinski definition) is 2. The van der Waals surface area contributed by atoms with E-state index >= 15 is 0 Å². The van der Waals surface area contributed by atoms with Gasteiger partial charge >= 0.3 is 0 Å². The number of aryl methyl sites for hydroxylation is 1. The third-order valence-electron chi connectivity index (χ3n) is 4.35. The molecule has 1 aromatic heterocycles.